The molecule has 0 saturated carbocycles. The molecule has 0 bridgehead atoms. The van der Waals surface area contributed by atoms with Gasteiger partial charge in [-0.05, 0) is 35.9 Å². The van der Waals surface area contributed by atoms with Crippen molar-refractivity contribution < 1.29 is 18.3 Å². The largest absolute Gasteiger partial charge is 0.508 e. The second-order valence-electron chi connectivity index (χ2n) is 7.68. The summed E-state index contributed by atoms with van der Waals surface area (Å²) in [5.74, 6) is 0.109. The molecule has 1 aliphatic heterocycles. The van der Waals surface area contributed by atoms with Gasteiger partial charge in [0.05, 0.1) is 27.3 Å². The van der Waals surface area contributed by atoms with Crippen LogP contribution in [0, 0.1) is 0 Å². The van der Waals surface area contributed by atoms with E-state index in [1.54, 1.807) is 24.3 Å². The second kappa shape index (κ2) is 9.22. The normalized spacial score (nSPS) is 16.2. The van der Waals surface area contributed by atoms with Gasteiger partial charge in [-0.2, -0.15) is 13.2 Å². The molecule has 168 valence electrons. The van der Waals surface area contributed by atoms with Crippen molar-refractivity contribution in [2.45, 2.75) is 12.2 Å². The van der Waals surface area contributed by atoms with Crippen molar-refractivity contribution in [2.75, 3.05) is 31.1 Å². The minimum absolute atomic E-state index is 0.109. The molecule has 0 radical (unpaired) electrons. The van der Waals surface area contributed by atoms with Crippen molar-refractivity contribution in [3.8, 4) is 5.75 Å². The van der Waals surface area contributed by atoms with Gasteiger partial charge in [0.2, 0.25) is 0 Å². The highest BCUT2D eigenvalue weighted by atomic mass is 35.5. The van der Waals surface area contributed by atoms with Crippen LogP contribution in [0.4, 0.5) is 18.9 Å². The number of alkyl halides is 3. The first kappa shape index (κ1) is 22.8. The molecule has 1 heterocycles. The number of para-hydroxylation sites is 1. The van der Waals surface area contributed by atoms with E-state index >= 15 is 0 Å². The summed E-state index contributed by atoms with van der Waals surface area (Å²) in [5, 5.41) is 11.5. The van der Waals surface area contributed by atoms with E-state index in [0.29, 0.717) is 47.4 Å². The topological polar surface area (TPSA) is 26.7 Å². The molecule has 1 unspecified atom stereocenters. The number of anilines is 1. The zero-order valence-electron chi connectivity index (χ0n) is 17.0. The van der Waals surface area contributed by atoms with E-state index in [9.17, 15) is 18.3 Å². The predicted octanol–water partition coefficient (Wildman–Crippen LogP) is 6.63. The van der Waals surface area contributed by atoms with E-state index in [4.69, 9.17) is 23.2 Å². The van der Waals surface area contributed by atoms with E-state index in [1.807, 2.05) is 18.2 Å². The van der Waals surface area contributed by atoms with E-state index in [1.165, 1.54) is 12.1 Å². The number of halogens is 5. The summed E-state index contributed by atoms with van der Waals surface area (Å²) >= 11 is 12.5. The van der Waals surface area contributed by atoms with Gasteiger partial charge in [0.15, 0.2) is 0 Å². The van der Waals surface area contributed by atoms with Crippen LogP contribution in [0.15, 0.2) is 66.7 Å². The van der Waals surface area contributed by atoms with Gasteiger partial charge in [-0.1, -0.05) is 59.6 Å². The highest BCUT2D eigenvalue weighted by Crippen LogP contribution is 2.38. The quantitative estimate of drug-likeness (QED) is 0.453. The number of aromatic hydroxyl groups is 1. The zero-order valence-corrected chi connectivity index (χ0v) is 18.5. The molecule has 1 aliphatic rings. The molecule has 1 atom stereocenters. The van der Waals surface area contributed by atoms with Crippen molar-refractivity contribution in [2.24, 2.45) is 0 Å². The lowest BCUT2D eigenvalue weighted by atomic mass is 9.94. The number of hydrogen-bond donors (Lipinski definition) is 1. The van der Waals surface area contributed by atoms with Crippen molar-refractivity contribution in [1.82, 2.24) is 4.90 Å². The molecule has 1 N–H and O–H groups in total. The van der Waals surface area contributed by atoms with Crippen LogP contribution in [0.1, 0.15) is 22.7 Å². The maximum atomic E-state index is 13.1. The third kappa shape index (κ3) is 4.68. The van der Waals surface area contributed by atoms with Gasteiger partial charge in [-0.15, -0.1) is 0 Å². The van der Waals surface area contributed by atoms with Crippen LogP contribution in [0.2, 0.25) is 10.0 Å². The minimum atomic E-state index is -4.40. The first-order valence-corrected chi connectivity index (χ1v) is 10.9. The number of phenolic OH excluding ortho intramolecular Hbond substituents is 1. The lowest BCUT2D eigenvalue weighted by Crippen LogP contribution is -2.48. The Morgan fingerprint density at radius 2 is 1.47 bits per heavy atom. The molecule has 0 spiro atoms. The zero-order chi connectivity index (χ0) is 22.9. The Balaban J connectivity index is 1.62. The number of phenols is 1. The van der Waals surface area contributed by atoms with E-state index in [2.05, 4.69) is 9.80 Å². The van der Waals surface area contributed by atoms with Crippen LogP contribution in [-0.2, 0) is 6.18 Å². The fraction of sp³-hybridized carbons (Fsp3) is 0.250. The van der Waals surface area contributed by atoms with Crippen molar-refractivity contribution in [1.29, 1.82) is 0 Å². The van der Waals surface area contributed by atoms with Crippen LogP contribution in [-0.4, -0.2) is 36.2 Å². The summed E-state index contributed by atoms with van der Waals surface area (Å²) in [6, 6.07) is 17.2. The number of benzene rings is 3. The van der Waals surface area contributed by atoms with E-state index in [0.717, 1.165) is 17.8 Å². The Labute approximate surface area is 194 Å². The van der Waals surface area contributed by atoms with Gasteiger partial charge in [0.1, 0.15) is 5.75 Å². The molecular weight excluding hydrogens is 460 g/mol. The number of rotatable bonds is 4. The van der Waals surface area contributed by atoms with Crippen molar-refractivity contribution in [3.63, 3.8) is 0 Å². The van der Waals surface area contributed by atoms with Crippen LogP contribution < -0.4 is 4.90 Å². The van der Waals surface area contributed by atoms with E-state index in [-0.39, 0.29) is 11.8 Å². The van der Waals surface area contributed by atoms with Crippen LogP contribution in [0.3, 0.4) is 0 Å². The first-order chi connectivity index (χ1) is 15.3. The van der Waals surface area contributed by atoms with Gasteiger partial charge < -0.3 is 10.0 Å². The van der Waals surface area contributed by atoms with Crippen molar-refractivity contribution >= 4 is 28.9 Å². The summed E-state index contributed by atoms with van der Waals surface area (Å²) < 4.78 is 39.2. The fourth-order valence-corrected chi connectivity index (χ4v) is 4.53. The van der Waals surface area contributed by atoms with Gasteiger partial charge in [0, 0.05) is 31.7 Å². The molecule has 0 aliphatic carbocycles. The SMILES string of the molecule is Oc1ccccc1C(c1ccc(C(F)(F)F)cc1)N1CCN(c2cccc(Cl)c2Cl)CC1. The maximum Gasteiger partial charge on any atom is 0.416 e. The lowest BCUT2D eigenvalue weighted by molar-refractivity contribution is -0.137. The molecule has 1 fully saturated rings. The molecule has 3 aromatic carbocycles. The number of hydrogen-bond acceptors (Lipinski definition) is 3. The first-order valence-electron chi connectivity index (χ1n) is 10.1. The van der Waals surface area contributed by atoms with Gasteiger partial charge >= 0.3 is 6.18 Å². The molecule has 0 aromatic heterocycles. The lowest BCUT2D eigenvalue weighted by Gasteiger charge is -2.41. The van der Waals surface area contributed by atoms with Crippen molar-refractivity contribution in [3.05, 3.63) is 93.5 Å². The van der Waals surface area contributed by atoms with E-state index < -0.39 is 11.7 Å². The molecule has 3 nitrogen and oxygen atoms in total. The predicted molar refractivity (Wildman–Crippen MR) is 122 cm³/mol. The third-order valence-corrected chi connectivity index (χ3v) is 6.55. The van der Waals surface area contributed by atoms with Crippen LogP contribution >= 0.6 is 23.2 Å². The standard InChI is InChI=1S/C24H21Cl2F3N2O/c25-19-5-3-6-20(22(19)26)30-12-14-31(15-13-30)23(18-4-1-2-7-21(18)32)16-8-10-17(11-9-16)24(27,28)29/h1-11,23,32H,12-15H2. The third-order valence-electron chi connectivity index (χ3n) is 5.74. The highest BCUT2D eigenvalue weighted by molar-refractivity contribution is 6.43. The molecule has 32 heavy (non-hydrogen) atoms. The molecular formula is C24H21Cl2F3N2O. The second-order valence-corrected chi connectivity index (χ2v) is 8.46. The maximum absolute atomic E-state index is 13.1. The van der Waals surface area contributed by atoms with Gasteiger partial charge in [0.25, 0.3) is 0 Å². The highest BCUT2D eigenvalue weighted by Gasteiger charge is 2.32. The average molecular weight is 481 g/mol. The fourth-order valence-electron chi connectivity index (χ4n) is 4.12. The molecule has 3 aromatic rings. The number of nitrogens with zero attached hydrogens (tertiary/aromatic N) is 2. The summed E-state index contributed by atoms with van der Waals surface area (Å²) in [4.78, 5) is 4.30. The summed E-state index contributed by atoms with van der Waals surface area (Å²) in [7, 11) is 0. The Morgan fingerprint density at radius 1 is 0.812 bits per heavy atom. The Hall–Kier alpha value is -2.41. The monoisotopic (exact) mass is 480 g/mol. The minimum Gasteiger partial charge on any atom is -0.508 e. The van der Waals surface area contributed by atoms with Gasteiger partial charge in [-0.3, -0.25) is 4.90 Å². The molecule has 1 saturated heterocycles. The molecule has 8 heteroatoms. The Morgan fingerprint density at radius 3 is 2.09 bits per heavy atom. The number of piperazine rings is 1. The Bertz CT molecular complexity index is 1080. The molecule has 0 amide bonds. The summed E-state index contributed by atoms with van der Waals surface area (Å²) in [6.07, 6.45) is -4.40. The van der Waals surface area contributed by atoms with Crippen LogP contribution in [0.5, 0.6) is 5.75 Å². The average Bonchev–Trinajstić information content (AvgIpc) is 2.77. The summed E-state index contributed by atoms with van der Waals surface area (Å²) in [6.45, 7) is 2.57. The molecule has 4 rings (SSSR count). The van der Waals surface area contributed by atoms with Gasteiger partial charge in [-0.25, -0.2) is 0 Å². The Kier molecular flexibility index (Phi) is 6.56. The van der Waals surface area contributed by atoms with Crippen LogP contribution in [0.25, 0.3) is 0 Å². The smallest absolute Gasteiger partial charge is 0.416 e. The summed E-state index contributed by atoms with van der Waals surface area (Å²) in [5.41, 5.74) is 1.50.